The topological polar surface area (TPSA) is 35.8 Å². The minimum Gasteiger partial charge on any atom is -0.312 e. The van der Waals surface area contributed by atoms with Gasteiger partial charge in [-0.3, -0.25) is 0 Å². The first-order valence-corrected chi connectivity index (χ1v) is 7.66. The van der Waals surface area contributed by atoms with E-state index >= 15 is 0 Å². The van der Waals surface area contributed by atoms with E-state index in [1.165, 1.54) is 12.5 Å². The molecule has 0 saturated carbocycles. The number of hydrogen-bond donors (Lipinski definition) is 1. The predicted molar refractivity (Wildman–Crippen MR) is 86.4 cm³/mol. The largest absolute Gasteiger partial charge is 0.312 e. The number of nitrogens with zero attached hydrogens (tertiary/aromatic N) is 1. The third-order valence-electron chi connectivity index (χ3n) is 3.71. The van der Waals surface area contributed by atoms with Crippen molar-refractivity contribution in [3.05, 3.63) is 35.2 Å². The SMILES string of the molecule is C\C(F)=C(/C=C\C=C\Cl)[C@H]1CN[C@@H](CC(C)(C)C)C1C#N. The highest BCUT2D eigenvalue weighted by molar-refractivity contribution is 6.25. The molecule has 3 atom stereocenters. The lowest BCUT2D eigenvalue weighted by atomic mass is 9.79. The van der Waals surface area contributed by atoms with Crippen LogP contribution in [0.25, 0.3) is 0 Å². The Morgan fingerprint density at radius 3 is 2.57 bits per heavy atom. The van der Waals surface area contributed by atoms with Crippen LogP contribution in [-0.2, 0) is 0 Å². The van der Waals surface area contributed by atoms with Gasteiger partial charge < -0.3 is 5.32 Å². The molecule has 116 valence electrons. The average Bonchev–Trinajstić information content (AvgIpc) is 2.74. The lowest BCUT2D eigenvalue weighted by Crippen LogP contribution is -2.31. The molecule has 1 saturated heterocycles. The molecule has 0 aromatic carbocycles. The van der Waals surface area contributed by atoms with Gasteiger partial charge in [-0.05, 0) is 24.3 Å². The fourth-order valence-electron chi connectivity index (χ4n) is 2.85. The molecule has 4 heteroatoms. The summed E-state index contributed by atoms with van der Waals surface area (Å²) in [5.41, 5.74) is 2.09. The maximum Gasteiger partial charge on any atom is 0.100 e. The molecule has 0 bridgehead atoms. The van der Waals surface area contributed by atoms with Crippen molar-refractivity contribution < 1.29 is 4.39 Å². The molecule has 0 aromatic rings. The highest BCUT2D eigenvalue weighted by Gasteiger charge is 2.39. The molecule has 1 aliphatic heterocycles. The van der Waals surface area contributed by atoms with Gasteiger partial charge in [0.2, 0.25) is 0 Å². The van der Waals surface area contributed by atoms with Gasteiger partial charge in [0.25, 0.3) is 0 Å². The summed E-state index contributed by atoms with van der Waals surface area (Å²) in [6, 6.07) is 2.47. The highest BCUT2D eigenvalue weighted by Crippen LogP contribution is 2.36. The molecule has 1 N–H and O–H groups in total. The highest BCUT2D eigenvalue weighted by atomic mass is 35.5. The second kappa shape index (κ2) is 7.77. The van der Waals surface area contributed by atoms with Crippen LogP contribution < -0.4 is 5.32 Å². The molecule has 21 heavy (non-hydrogen) atoms. The van der Waals surface area contributed by atoms with Crippen molar-refractivity contribution in [3.8, 4) is 6.07 Å². The Labute approximate surface area is 132 Å². The van der Waals surface area contributed by atoms with Crippen LogP contribution in [0, 0.1) is 28.6 Å². The average molecular weight is 311 g/mol. The number of hydrogen-bond acceptors (Lipinski definition) is 2. The van der Waals surface area contributed by atoms with Crippen molar-refractivity contribution in [2.24, 2.45) is 17.3 Å². The Hall–Kier alpha value is -1.11. The van der Waals surface area contributed by atoms with E-state index in [1.54, 1.807) is 18.2 Å². The second-order valence-corrected chi connectivity index (χ2v) is 6.96. The van der Waals surface area contributed by atoms with Gasteiger partial charge in [0, 0.05) is 24.0 Å². The summed E-state index contributed by atoms with van der Waals surface area (Å²) >= 11 is 5.47. The molecule has 0 amide bonds. The van der Waals surface area contributed by atoms with Crippen LogP contribution in [0.1, 0.15) is 34.1 Å². The van der Waals surface area contributed by atoms with Crippen LogP contribution in [0.2, 0.25) is 0 Å². The molecule has 1 aliphatic rings. The van der Waals surface area contributed by atoms with Crippen LogP contribution in [0.4, 0.5) is 4.39 Å². The normalized spacial score (nSPS) is 28.1. The molecular formula is C17H24ClFN2. The van der Waals surface area contributed by atoms with Crippen LogP contribution >= 0.6 is 11.6 Å². The maximum absolute atomic E-state index is 13.9. The summed E-state index contributed by atoms with van der Waals surface area (Å²) in [6.45, 7) is 8.52. The molecule has 0 spiro atoms. The fraction of sp³-hybridized carbons (Fsp3) is 0.588. The van der Waals surface area contributed by atoms with Crippen molar-refractivity contribution in [1.82, 2.24) is 5.32 Å². The van der Waals surface area contributed by atoms with Crippen LogP contribution in [0.5, 0.6) is 0 Å². The van der Waals surface area contributed by atoms with E-state index in [0.29, 0.717) is 12.1 Å². The molecular weight excluding hydrogens is 287 g/mol. The minimum absolute atomic E-state index is 0.103. The number of allylic oxidation sites excluding steroid dienone is 4. The maximum atomic E-state index is 13.9. The monoisotopic (exact) mass is 310 g/mol. The number of nitriles is 1. The van der Waals surface area contributed by atoms with Gasteiger partial charge >= 0.3 is 0 Å². The summed E-state index contributed by atoms with van der Waals surface area (Å²) < 4.78 is 13.9. The summed E-state index contributed by atoms with van der Waals surface area (Å²) in [6.07, 6.45) is 5.95. The number of rotatable bonds is 4. The van der Waals surface area contributed by atoms with E-state index in [-0.39, 0.29) is 29.1 Å². The van der Waals surface area contributed by atoms with E-state index in [1.807, 2.05) is 0 Å². The summed E-state index contributed by atoms with van der Waals surface area (Å²) in [7, 11) is 0. The van der Waals surface area contributed by atoms with Crippen LogP contribution in [0.15, 0.2) is 35.2 Å². The molecule has 0 aliphatic carbocycles. The van der Waals surface area contributed by atoms with Crippen molar-refractivity contribution in [2.45, 2.75) is 40.2 Å². The third-order valence-corrected chi connectivity index (χ3v) is 3.85. The quantitative estimate of drug-likeness (QED) is 0.764. The van der Waals surface area contributed by atoms with Gasteiger partial charge in [0.15, 0.2) is 0 Å². The van der Waals surface area contributed by atoms with Gasteiger partial charge in [-0.2, -0.15) is 5.26 Å². The zero-order valence-corrected chi connectivity index (χ0v) is 13.9. The summed E-state index contributed by atoms with van der Waals surface area (Å²) in [4.78, 5) is 0. The van der Waals surface area contributed by atoms with Gasteiger partial charge in [-0.25, -0.2) is 4.39 Å². The molecule has 1 fully saturated rings. The fourth-order valence-corrected chi connectivity index (χ4v) is 2.93. The Balaban J connectivity index is 2.97. The lowest BCUT2D eigenvalue weighted by molar-refractivity contribution is 0.301. The van der Waals surface area contributed by atoms with Crippen molar-refractivity contribution in [1.29, 1.82) is 5.26 Å². The predicted octanol–water partition coefficient (Wildman–Crippen LogP) is 4.70. The number of halogens is 2. The van der Waals surface area contributed by atoms with Crippen LogP contribution in [-0.4, -0.2) is 12.6 Å². The molecule has 1 heterocycles. The van der Waals surface area contributed by atoms with E-state index in [9.17, 15) is 9.65 Å². The van der Waals surface area contributed by atoms with Gasteiger partial charge in [0.05, 0.1) is 12.0 Å². The number of nitrogens with one attached hydrogen (secondary N) is 1. The summed E-state index contributed by atoms with van der Waals surface area (Å²) in [5, 5.41) is 12.9. The minimum atomic E-state index is -0.238. The zero-order valence-electron chi connectivity index (χ0n) is 13.2. The van der Waals surface area contributed by atoms with E-state index < -0.39 is 0 Å². The third kappa shape index (κ3) is 5.30. The van der Waals surface area contributed by atoms with Gasteiger partial charge in [-0.1, -0.05) is 50.6 Å². The first-order chi connectivity index (χ1) is 9.80. The Morgan fingerprint density at radius 1 is 1.43 bits per heavy atom. The first-order valence-electron chi connectivity index (χ1n) is 7.23. The zero-order chi connectivity index (χ0) is 16.0. The van der Waals surface area contributed by atoms with Gasteiger partial charge in [-0.15, -0.1) is 0 Å². The van der Waals surface area contributed by atoms with Crippen molar-refractivity contribution in [3.63, 3.8) is 0 Å². The smallest absolute Gasteiger partial charge is 0.100 e. The molecule has 0 aromatic heterocycles. The summed E-state index contributed by atoms with van der Waals surface area (Å²) in [5.74, 6) is -0.570. The lowest BCUT2D eigenvalue weighted by Gasteiger charge is -2.26. The Morgan fingerprint density at radius 2 is 2.10 bits per heavy atom. The van der Waals surface area contributed by atoms with Crippen molar-refractivity contribution in [2.75, 3.05) is 6.54 Å². The first kappa shape index (κ1) is 17.9. The van der Waals surface area contributed by atoms with E-state index in [0.717, 1.165) is 6.42 Å². The van der Waals surface area contributed by atoms with Gasteiger partial charge in [0.1, 0.15) is 5.83 Å². The Bertz CT molecular complexity index is 476. The van der Waals surface area contributed by atoms with E-state index in [2.05, 4.69) is 32.2 Å². The van der Waals surface area contributed by atoms with Crippen molar-refractivity contribution >= 4 is 11.6 Å². The Kier molecular flexibility index (Phi) is 6.64. The molecule has 1 rings (SSSR count). The van der Waals surface area contributed by atoms with E-state index in [4.69, 9.17) is 11.6 Å². The molecule has 1 unspecified atom stereocenters. The standard InChI is InChI=1S/C17H24ClFN2/c1-12(19)13(7-5-6-8-18)15-11-21-16(14(15)10-20)9-17(2,3)4/h5-8,14-16,21H,9,11H2,1-4H3/b7-5-,8-6+,13-12-/t14?,15-,16+/m1/s1. The molecule has 2 nitrogen and oxygen atoms in total. The molecule has 0 radical (unpaired) electrons. The second-order valence-electron chi connectivity index (χ2n) is 6.71. The van der Waals surface area contributed by atoms with Crippen LogP contribution in [0.3, 0.4) is 0 Å².